The second kappa shape index (κ2) is 15.3. The number of unbranched alkanes of at least 4 members (excludes halogenated alkanes) is 12. The van der Waals surface area contributed by atoms with E-state index in [0.29, 0.717) is 12.4 Å². The molecule has 0 aliphatic carbocycles. The Kier molecular flexibility index (Phi) is 13.2. The molecule has 0 bridgehead atoms. The highest BCUT2D eigenvalue weighted by molar-refractivity contribution is 5.88. The molecule has 1 aliphatic rings. The van der Waals surface area contributed by atoms with E-state index in [1.807, 2.05) is 0 Å². The third kappa shape index (κ3) is 13.2. The molecule has 0 aromatic carbocycles. The molecule has 0 amide bonds. The fourth-order valence-electron chi connectivity index (χ4n) is 2.71. The summed E-state index contributed by atoms with van der Waals surface area (Å²) in [4.78, 5) is 11.1. The summed E-state index contributed by atoms with van der Waals surface area (Å²) >= 11 is 0. The zero-order valence-electron chi connectivity index (χ0n) is 15.6. The van der Waals surface area contributed by atoms with Crippen molar-refractivity contribution in [1.29, 1.82) is 0 Å². The van der Waals surface area contributed by atoms with Crippen LogP contribution < -0.4 is 0 Å². The summed E-state index contributed by atoms with van der Waals surface area (Å²) in [5, 5.41) is 0. The molecule has 0 unspecified atom stereocenters. The summed E-state index contributed by atoms with van der Waals surface area (Å²) in [6.07, 6.45) is 24.2. The van der Waals surface area contributed by atoms with E-state index in [1.165, 1.54) is 83.3 Å². The van der Waals surface area contributed by atoms with Crippen molar-refractivity contribution < 1.29 is 14.3 Å². The molecule has 1 heterocycles. The third-order valence-corrected chi connectivity index (χ3v) is 4.33. The van der Waals surface area contributed by atoms with Crippen LogP contribution in [0.4, 0.5) is 0 Å². The molecule has 0 spiro atoms. The first-order valence-electron chi connectivity index (χ1n) is 10.0. The van der Waals surface area contributed by atoms with Gasteiger partial charge in [-0.1, -0.05) is 76.9 Å². The van der Waals surface area contributed by atoms with E-state index >= 15 is 0 Å². The highest BCUT2D eigenvalue weighted by Gasteiger charge is 2.21. The molecule has 0 fully saturated rings. The number of rotatable bonds is 17. The normalized spacial score (nSPS) is 13.0. The first kappa shape index (κ1) is 20.8. The number of esters is 1. The molecular weight excluding hydrogens is 300 g/mol. The topological polar surface area (TPSA) is 38.8 Å². The predicted molar refractivity (Wildman–Crippen MR) is 99.6 cm³/mol. The number of allylic oxidation sites excluding steroid dienone is 2. The minimum absolute atomic E-state index is 0.317. The lowest BCUT2D eigenvalue weighted by Gasteiger charge is -2.02. The summed E-state index contributed by atoms with van der Waals surface area (Å²) in [6.45, 7) is 2.78. The van der Waals surface area contributed by atoms with Gasteiger partial charge in [-0.2, -0.15) is 0 Å². The molecule has 3 nitrogen and oxygen atoms in total. The van der Waals surface area contributed by atoms with Gasteiger partial charge in [0.15, 0.2) is 0 Å². The Hall–Kier alpha value is -1.25. The maximum absolute atomic E-state index is 11.1. The minimum Gasteiger partial charge on any atom is -0.460 e. The Morgan fingerprint density at radius 3 is 1.92 bits per heavy atom. The molecule has 1 aliphatic heterocycles. The molecule has 0 saturated heterocycles. The van der Waals surface area contributed by atoms with E-state index in [0.717, 1.165) is 12.8 Å². The Morgan fingerprint density at radius 2 is 1.38 bits per heavy atom. The molecule has 0 saturated carbocycles. The van der Waals surface area contributed by atoms with Crippen LogP contribution in [0.15, 0.2) is 24.2 Å². The molecule has 0 aromatic rings. The van der Waals surface area contributed by atoms with Crippen molar-refractivity contribution in [3.63, 3.8) is 0 Å². The molecule has 3 heteroatoms. The summed E-state index contributed by atoms with van der Waals surface area (Å²) in [5.41, 5.74) is 0. The van der Waals surface area contributed by atoms with Crippen LogP contribution in [0, 0.1) is 0 Å². The zero-order chi connectivity index (χ0) is 17.3. The van der Waals surface area contributed by atoms with Crippen LogP contribution in [-0.2, 0) is 14.3 Å². The van der Waals surface area contributed by atoms with Gasteiger partial charge in [0.1, 0.15) is 6.26 Å². The van der Waals surface area contributed by atoms with Crippen molar-refractivity contribution in [3.05, 3.63) is 24.2 Å². The largest absolute Gasteiger partial charge is 0.460 e. The van der Waals surface area contributed by atoms with E-state index in [2.05, 4.69) is 23.8 Å². The van der Waals surface area contributed by atoms with Gasteiger partial charge in [0, 0.05) is 0 Å². The smallest absolute Gasteiger partial charge is 0.377 e. The number of carbonyl (C=O) groups is 1. The van der Waals surface area contributed by atoms with E-state index in [-0.39, 0.29) is 5.97 Å². The van der Waals surface area contributed by atoms with Crippen molar-refractivity contribution in [2.75, 3.05) is 6.61 Å². The first-order valence-corrected chi connectivity index (χ1v) is 10.0. The molecule has 138 valence electrons. The van der Waals surface area contributed by atoms with Crippen molar-refractivity contribution in [3.8, 4) is 0 Å². The van der Waals surface area contributed by atoms with Crippen LogP contribution in [0.3, 0.4) is 0 Å². The number of ether oxygens (including phenoxy) is 2. The second-order valence-electron chi connectivity index (χ2n) is 6.67. The Morgan fingerprint density at radius 1 is 0.875 bits per heavy atom. The fraction of sp³-hybridized carbons (Fsp3) is 0.762. The standard InChI is InChI=1S/C21H36O3/c1-2-3-4-5-6-7-8-9-10-11-12-13-14-15-16-17-18-23-21(22)20-19-24-20/h9-10,19H,2-8,11-18H2,1H3/b10-9-. The third-order valence-electron chi connectivity index (χ3n) is 4.33. The van der Waals surface area contributed by atoms with Gasteiger partial charge < -0.3 is 9.47 Å². The summed E-state index contributed by atoms with van der Waals surface area (Å²) < 4.78 is 9.71. The van der Waals surface area contributed by atoms with Gasteiger partial charge in [0.2, 0.25) is 5.76 Å². The monoisotopic (exact) mass is 336 g/mol. The Labute approximate surface area is 148 Å². The van der Waals surface area contributed by atoms with Crippen molar-refractivity contribution in [2.45, 2.75) is 96.8 Å². The predicted octanol–water partition coefficient (Wildman–Crippen LogP) is 6.44. The molecule has 0 atom stereocenters. The van der Waals surface area contributed by atoms with Crippen molar-refractivity contribution in [2.24, 2.45) is 0 Å². The summed E-state index contributed by atoms with van der Waals surface area (Å²) in [6, 6.07) is 0. The van der Waals surface area contributed by atoms with Gasteiger partial charge in [0.05, 0.1) is 6.61 Å². The first-order chi connectivity index (χ1) is 11.8. The second-order valence-corrected chi connectivity index (χ2v) is 6.67. The van der Waals surface area contributed by atoms with E-state index in [9.17, 15) is 4.79 Å². The lowest BCUT2D eigenvalue weighted by atomic mass is 10.1. The quantitative estimate of drug-likeness (QED) is 0.174. The van der Waals surface area contributed by atoms with E-state index in [1.54, 1.807) is 0 Å². The zero-order valence-corrected chi connectivity index (χ0v) is 15.6. The van der Waals surface area contributed by atoms with Gasteiger partial charge in [0.25, 0.3) is 0 Å². The van der Waals surface area contributed by atoms with Gasteiger partial charge in [-0.05, 0) is 32.1 Å². The van der Waals surface area contributed by atoms with Crippen LogP contribution in [0.25, 0.3) is 0 Å². The highest BCUT2D eigenvalue weighted by atomic mass is 16.6. The molecule has 1 rings (SSSR count). The summed E-state index contributed by atoms with van der Waals surface area (Å²) in [7, 11) is 0. The van der Waals surface area contributed by atoms with Crippen LogP contribution in [0.2, 0.25) is 0 Å². The van der Waals surface area contributed by atoms with Crippen LogP contribution in [-0.4, -0.2) is 12.6 Å². The van der Waals surface area contributed by atoms with Gasteiger partial charge in [-0.25, -0.2) is 4.79 Å². The molecule has 24 heavy (non-hydrogen) atoms. The number of carbonyl (C=O) groups excluding carboxylic acids is 1. The Bertz CT molecular complexity index is 371. The maximum Gasteiger partial charge on any atom is 0.377 e. The lowest BCUT2D eigenvalue weighted by Crippen LogP contribution is -2.04. The van der Waals surface area contributed by atoms with E-state index < -0.39 is 0 Å². The highest BCUT2D eigenvalue weighted by Crippen LogP contribution is 2.15. The SMILES string of the molecule is CCCCCCCC/C=C\CCCCCCCCOC(=O)C1=CO1. The van der Waals surface area contributed by atoms with E-state index in [4.69, 9.17) is 4.74 Å². The average Bonchev–Trinajstić information content (AvgIpc) is 3.42. The maximum atomic E-state index is 11.1. The van der Waals surface area contributed by atoms with Gasteiger partial charge in [-0.3, -0.25) is 0 Å². The van der Waals surface area contributed by atoms with Crippen molar-refractivity contribution in [1.82, 2.24) is 0 Å². The molecular formula is C21H36O3. The molecule has 0 radical (unpaired) electrons. The van der Waals surface area contributed by atoms with Crippen LogP contribution >= 0.6 is 0 Å². The average molecular weight is 337 g/mol. The van der Waals surface area contributed by atoms with Crippen molar-refractivity contribution >= 4 is 5.97 Å². The Balaban J connectivity index is 1.70. The lowest BCUT2D eigenvalue weighted by molar-refractivity contribution is -0.140. The number of hydrogen-bond acceptors (Lipinski definition) is 3. The van der Waals surface area contributed by atoms with Gasteiger partial charge >= 0.3 is 5.97 Å². The molecule has 0 aromatic heterocycles. The van der Waals surface area contributed by atoms with Crippen LogP contribution in [0.1, 0.15) is 96.8 Å². The minimum atomic E-state index is -0.317. The fourth-order valence-corrected chi connectivity index (χ4v) is 2.71. The number of hydrogen-bond donors (Lipinski definition) is 0. The van der Waals surface area contributed by atoms with Crippen LogP contribution in [0.5, 0.6) is 0 Å². The van der Waals surface area contributed by atoms with Gasteiger partial charge in [-0.15, -0.1) is 0 Å². The molecule has 0 N–H and O–H groups in total. The summed E-state index contributed by atoms with van der Waals surface area (Å²) in [5.74, 6) is 0.0438.